The van der Waals surface area contributed by atoms with Crippen molar-refractivity contribution in [2.45, 2.75) is 45.8 Å². The summed E-state index contributed by atoms with van der Waals surface area (Å²) in [5.74, 6) is 0.835. The highest BCUT2D eigenvalue weighted by Crippen LogP contribution is 2.43. The second-order valence-corrected chi connectivity index (χ2v) is 6.87. The minimum absolute atomic E-state index is 0. The molecule has 27 heavy (non-hydrogen) atoms. The molecule has 0 unspecified atom stereocenters. The zero-order chi connectivity index (χ0) is 19.0. The van der Waals surface area contributed by atoms with E-state index in [4.69, 9.17) is 4.74 Å². The summed E-state index contributed by atoms with van der Waals surface area (Å²) in [5, 5.41) is 6.55. The molecule has 0 aliphatic heterocycles. The second kappa shape index (κ2) is 11.6. The molecule has 1 aromatic carbocycles. The van der Waals surface area contributed by atoms with Gasteiger partial charge in [0.25, 0.3) is 0 Å². The third-order valence-corrected chi connectivity index (χ3v) is 4.98. The minimum Gasteiger partial charge on any atom is -0.434 e. The second-order valence-electron chi connectivity index (χ2n) is 6.87. The zero-order valence-electron chi connectivity index (χ0n) is 16.2. The van der Waals surface area contributed by atoms with E-state index < -0.39 is 6.61 Å². The van der Waals surface area contributed by atoms with E-state index >= 15 is 0 Å². The molecule has 8 heteroatoms. The van der Waals surface area contributed by atoms with Gasteiger partial charge in [0.15, 0.2) is 5.96 Å². The van der Waals surface area contributed by atoms with Crippen molar-refractivity contribution >= 4 is 29.9 Å². The number of aryl methyl sites for hydroxylation is 1. The molecule has 0 bridgehead atoms. The normalized spacial score (nSPS) is 15.7. The molecule has 0 aromatic heterocycles. The molecule has 0 radical (unpaired) electrons. The van der Waals surface area contributed by atoms with Gasteiger partial charge >= 0.3 is 6.61 Å². The number of halogens is 3. The van der Waals surface area contributed by atoms with Crippen molar-refractivity contribution in [3.63, 3.8) is 0 Å². The Labute approximate surface area is 177 Å². The van der Waals surface area contributed by atoms with Crippen LogP contribution in [0, 0.1) is 12.3 Å². The maximum atomic E-state index is 12.6. The molecule has 0 spiro atoms. The van der Waals surface area contributed by atoms with Crippen molar-refractivity contribution in [2.75, 3.05) is 27.3 Å². The van der Waals surface area contributed by atoms with Crippen molar-refractivity contribution in [3.8, 4) is 5.75 Å². The number of alkyl halides is 2. The smallest absolute Gasteiger partial charge is 0.387 e. The van der Waals surface area contributed by atoms with Crippen molar-refractivity contribution in [2.24, 2.45) is 10.4 Å². The molecule has 1 aliphatic rings. The maximum Gasteiger partial charge on any atom is 0.387 e. The SMILES string of the molecule is CN=C(NCc1cc(C)ccc1OC(F)F)NCC1(CCOC)CCC1.I. The van der Waals surface area contributed by atoms with Crippen LogP contribution in [0.3, 0.4) is 0 Å². The summed E-state index contributed by atoms with van der Waals surface area (Å²) >= 11 is 0. The Kier molecular flexibility index (Phi) is 10.3. The van der Waals surface area contributed by atoms with Gasteiger partial charge in [-0.25, -0.2) is 0 Å². The van der Waals surface area contributed by atoms with Crippen molar-refractivity contribution < 1.29 is 18.3 Å². The Morgan fingerprint density at radius 3 is 2.59 bits per heavy atom. The highest BCUT2D eigenvalue weighted by atomic mass is 127. The fraction of sp³-hybridized carbons (Fsp3) is 0.632. The number of nitrogens with one attached hydrogen (secondary N) is 2. The average Bonchev–Trinajstić information content (AvgIpc) is 2.57. The lowest BCUT2D eigenvalue weighted by Crippen LogP contribution is -2.46. The fourth-order valence-corrected chi connectivity index (χ4v) is 3.24. The molecular formula is C19H30F2IN3O2. The van der Waals surface area contributed by atoms with Crippen LogP contribution in [0.1, 0.15) is 36.8 Å². The van der Waals surface area contributed by atoms with Crippen LogP contribution in [-0.2, 0) is 11.3 Å². The Morgan fingerprint density at radius 1 is 1.30 bits per heavy atom. The quantitative estimate of drug-likeness (QED) is 0.307. The number of nitrogens with zero attached hydrogens (tertiary/aromatic N) is 1. The Morgan fingerprint density at radius 2 is 2.04 bits per heavy atom. The summed E-state index contributed by atoms with van der Waals surface area (Å²) in [5.41, 5.74) is 1.92. The van der Waals surface area contributed by atoms with Crippen LogP contribution in [0.25, 0.3) is 0 Å². The molecule has 0 atom stereocenters. The number of methoxy groups -OCH3 is 1. The van der Waals surface area contributed by atoms with Crippen molar-refractivity contribution in [1.82, 2.24) is 10.6 Å². The molecule has 1 aliphatic carbocycles. The Balaban J connectivity index is 0.00000364. The molecule has 1 aromatic rings. The first-order valence-corrected chi connectivity index (χ1v) is 8.96. The first-order valence-electron chi connectivity index (χ1n) is 8.96. The van der Waals surface area contributed by atoms with E-state index in [1.54, 1.807) is 26.3 Å². The third-order valence-electron chi connectivity index (χ3n) is 4.98. The van der Waals surface area contributed by atoms with Gasteiger partial charge in [-0.1, -0.05) is 24.1 Å². The lowest BCUT2D eigenvalue weighted by molar-refractivity contribution is -0.0504. The van der Waals surface area contributed by atoms with E-state index in [1.807, 2.05) is 13.0 Å². The maximum absolute atomic E-state index is 12.6. The lowest BCUT2D eigenvalue weighted by atomic mass is 9.67. The summed E-state index contributed by atoms with van der Waals surface area (Å²) in [6, 6.07) is 5.16. The molecule has 2 N–H and O–H groups in total. The third kappa shape index (κ3) is 7.40. The number of guanidine groups is 1. The van der Waals surface area contributed by atoms with Gasteiger partial charge in [-0.05, 0) is 37.7 Å². The van der Waals surface area contributed by atoms with Crippen LogP contribution in [0.2, 0.25) is 0 Å². The van der Waals surface area contributed by atoms with E-state index in [2.05, 4.69) is 20.4 Å². The van der Waals surface area contributed by atoms with Gasteiger partial charge in [0.1, 0.15) is 5.75 Å². The summed E-state index contributed by atoms with van der Waals surface area (Å²) in [6.45, 7) is 1.01. The van der Waals surface area contributed by atoms with E-state index in [0.717, 1.165) is 25.1 Å². The van der Waals surface area contributed by atoms with Gasteiger partial charge in [-0.15, -0.1) is 24.0 Å². The van der Waals surface area contributed by atoms with Gasteiger partial charge in [0.05, 0.1) is 0 Å². The van der Waals surface area contributed by atoms with Crippen molar-refractivity contribution in [3.05, 3.63) is 29.3 Å². The number of ether oxygens (including phenoxy) is 2. The Bertz CT molecular complexity index is 611. The topological polar surface area (TPSA) is 54.9 Å². The lowest BCUT2D eigenvalue weighted by Gasteiger charge is -2.42. The number of benzene rings is 1. The molecule has 0 saturated heterocycles. The average molecular weight is 497 g/mol. The van der Waals surface area contributed by atoms with E-state index in [0.29, 0.717) is 18.1 Å². The highest BCUT2D eigenvalue weighted by Gasteiger charge is 2.36. The molecule has 2 rings (SSSR count). The number of hydrogen-bond acceptors (Lipinski definition) is 3. The van der Waals surface area contributed by atoms with E-state index in [-0.39, 0.29) is 35.1 Å². The van der Waals surface area contributed by atoms with Gasteiger partial charge in [0, 0.05) is 39.4 Å². The standard InChI is InChI=1S/C19H29F2N3O2.HI/c1-14-5-6-16(26-17(20)21)15(11-14)12-23-18(22-2)24-13-19(7-4-8-19)9-10-25-3;/h5-6,11,17H,4,7-10,12-13H2,1-3H3,(H2,22,23,24);1H. The Hall–Kier alpha value is -1.16. The molecule has 5 nitrogen and oxygen atoms in total. The molecule has 154 valence electrons. The zero-order valence-corrected chi connectivity index (χ0v) is 18.5. The van der Waals surface area contributed by atoms with Crippen LogP contribution < -0.4 is 15.4 Å². The largest absolute Gasteiger partial charge is 0.434 e. The van der Waals surface area contributed by atoms with Gasteiger partial charge in [-0.3, -0.25) is 4.99 Å². The predicted octanol–water partition coefficient (Wildman–Crippen LogP) is 4.09. The van der Waals surface area contributed by atoms with Crippen molar-refractivity contribution in [1.29, 1.82) is 0 Å². The van der Waals surface area contributed by atoms with Crippen LogP contribution in [0.5, 0.6) is 5.75 Å². The van der Waals surface area contributed by atoms with Gasteiger partial charge in [0.2, 0.25) is 0 Å². The molecule has 0 heterocycles. The summed E-state index contributed by atoms with van der Waals surface area (Å²) in [6.07, 6.45) is 4.64. The first-order chi connectivity index (χ1) is 12.5. The van der Waals surface area contributed by atoms with E-state index in [9.17, 15) is 8.78 Å². The van der Waals surface area contributed by atoms with Crippen LogP contribution >= 0.6 is 24.0 Å². The number of hydrogen-bond donors (Lipinski definition) is 2. The van der Waals surface area contributed by atoms with Gasteiger partial charge in [-0.2, -0.15) is 8.78 Å². The monoisotopic (exact) mass is 497 g/mol. The van der Waals surface area contributed by atoms with Gasteiger partial charge < -0.3 is 20.1 Å². The van der Waals surface area contributed by atoms with E-state index in [1.165, 1.54) is 19.3 Å². The van der Waals surface area contributed by atoms with Crippen LogP contribution in [-0.4, -0.2) is 39.9 Å². The molecule has 0 amide bonds. The highest BCUT2D eigenvalue weighted by molar-refractivity contribution is 14.0. The molecular weight excluding hydrogens is 467 g/mol. The predicted molar refractivity (Wildman–Crippen MR) is 114 cm³/mol. The summed E-state index contributed by atoms with van der Waals surface area (Å²) < 4.78 is 35.0. The fourth-order valence-electron chi connectivity index (χ4n) is 3.24. The number of aliphatic imine (C=N–C) groups is 1. The van der Waals surface area contributed by atoms with Crippen LogP contribution in [0.15, 0.2) is 23.2 Å². The molecule has 1 fully saturated rings. The molecule has 1 saturated carbocycles. The van der Waals surface area contributed by atoms with Crippen LogP contribution in [0.4, 0.5) is 8.78 Å². The minimum atomic E-state index is -2.84. The summed E-state index contributed by atoms with van der Waals surface area (Å²) in [7, 11) is 3.42. The first kappa shape index (κ1) is 23.9. The summed E-state index contributed by atoms with van der Waals surface area (Å²) in [4.78, 5) is 4.23. The number of rotatable bonds is 9.